The summed E-state index contributed by atoms with van der Waals surface area (Å²) in [6.45, 7) is 9.31. The summed E-state index contributed by atoms with van der Waals surface area (Å²) in [5.74, 6) is 1.99. The number of halogens is 3. The lowest BCUT2D eigenvalue weighted by Gasteiger charge is -2.47. The first-order valence-electron chi connectivity index (χ1n) is 20.0. The Morgan fingerprint density at radius 1 is 0.839 bits per heavy atom. The van der Waals surface area contributed by atoms with E-state index in [0.717, 1.165) is 75.8 Å². The summed E-state index contributed by atoms with van der Waals surface area (Å²) in [4.78, 5) is 6.57. The van der Waals surface area contributed by atoms with Crippen molar-refractivity contribution in [1.82, 2.24) is 34.4 Å². The second-order valence-corrected chi connectivity index (χ2v) is 21.2. The van der Waals surface area contributed by atoms with Crippen LogP contribution in [0.5, 0.6) is 5.88 Å². The Hall–Kier alpha value is -4.33. The van der Waals surface area contributed by atoms with E-state index in [4.69, 9.17) is 14.3 Å². The van der Waals surface area contributed by atoms with E-state index >= 15 is 0 Å². The van der Waals surface area contributed by atoms with Gasteiger partial charge in [0.2, 0.25) is 5.88 Å². The molecule has 13 heteroatoms. The zero-order valence-electron chi connectivity index (χ0n) is 32.7. The molecule has 0 N–H and O–H groups in total. The predicted octanol–water partition coefficient (Wildman–Crippen LogP) is 7.80. The summed E-state index contributed by atoms with van der Waals surface area (Å²) in [6, 6.07) is 24.4. The highest BCUT2D eigenvalue weighted by atomic mass is 28.4. The first-order valence-corrected chi connectivity index (χ1v) is 21.9. The third kappa shape index (κ3) is 7.57. The molecule has 3 fully saturated rings. The predicted molar refractivity (Wildman–Crippen MR) is 211 cm³/mol. The Labute approximate surface area is 328 Å². The smallest absolute Gasteiger partial charge is 0.416 e. The van der Waals surface area contributed by atoms with Crippen molar-refractivity contribution in [3.05, 3.63) is 114 Å². The minimum Gasteiger partial charge on any atom is -0.469 e. The number of benzene rings is 2. The topological polar surface area (TPSA) is 83.1 Å². The van der Waals surface area contributed by atoms with Gasteiger partial charge in [-0.05, 0) is 91.0 Å². The number of alkyl halides is 3. The molecule has 296 valence electrons. The molecule has 9 nitrogen and oxygen atoms in total. The van der Waals surface area contributed by atoms with E-state index in [9.17, 15) is 13.2 Å². The monoisotopic (exact) mass is 783 g/mol. The van der Waals surface area contributed by atoms with Gasteiger partial charge in [0.25, 0.3) is 8.32 Å². The first-order chi connectivity index (χ1) is 26.9. The number of aromatic nitrogens is 6. The number of rotatable bonds is 11. The van der Waals surface area contributed by atoms with Gasteiger partial charge in [0.1, 0.15) is 12.4 Å². The Bertz CT molecular complexity index is 2030. The zero-order valence-corrected chi connectivity index (χ0v) is 33.7. The van der Waals surface area contributed by atoms with Crippen LogP contribution >= 0.6 is 0 Å². The van der Waals surface area contributed by atoms with Gasteiger partial charge in [0, 0.05) is 37.5 Å². The van der Waals surface area contributed by atoms with E-state index in [-0.39, 0.29) is 35.6 Å². The average molecular weight is 784 g/mol. The van der Waals surface area contributed by atoms with Gasteiger partial charge in [-0.2, -0.15) is 18.3 Å². The van der Waals surface area contributed by atoms with Crippen LogP contribution in [0.25, 0.3) is 0 Å². The summed E-state index contributed by atoms with van der Waals surface area (Å²) < 4.78 is 57.0. The molecule has 8 rings (SSSR count). The molecule has 0 bridgehead atoms. The Morgan fingerprint density at radius 2 is 1.50 bits per heavy atom. The number of hydrogen-bond acceptors (Lipinski definition) is 7. The van der Waals surface area contributed by atoms with E-state index in [2.05, 4.69) is 119 Å². The molecular weight excluding hydrogens is 732 g/mol. The number of nitrogens with zero attached hydrogens (tertiary/aromatic N) is 7. The van der Waals surface area contributed by atoms with Gasteiger partial charge >= 0.3 is 6.18 Å². The number of ether oxygens (including phenoxy) is 1. The van der Waals surface area contributed by atoms with Crippen LogP contribution in [0.2, 0.25) is 5.04 Å². The van der Waals surface area contributed by atoms with Crippen molar-refractivity contribution < 1.29 is 22.3 Å². The molecule has 1 aliphatic heterocycles. The standard InChI is InChI=1S/C43H52F3N7O2Si/c1-42(2,3)56(35-12-7-5-8-13-35,36-14-9-6-10-15-36)55-38-26-34(25-37(38)52-22-11-23-52)53-28-32(27-48-53)30-16-18-31(19-17-30)41-50-49-39(51(41)4)29-54-40-24-33(20-21-47-40)43(44,45)46/h5-10,12-15,20-21,24,27-28,30-31,34,37-38H,11,16-19,22-23,25-26,29H2,1-4H3/t30?,31?,34-,37+,38+/m1/s1. The molecule has 2 aliphatic carbocycles. The van der Waals surface area contributed by atoms with Crippen molar-refractivity contribution in [3.63, 3.8) is 0 Å². The second-order valence-electron chi connectivity index (χ2n) is 16.9. The van der Waals surface area contributed by atoms with Crippen molar-refractivity contribution in [2.75, 3.05) is 13.1 Å². The van der Waals surface area contributed by atoms with E-state index < -0.39 is 20.1 Å². The fraction of sp³-hybridized carbons (Fsp3) is 0.488. The van der Waals surface area contributed by atoms with E-state index in [0.29, 0.717) is 17.8 Å². The van der Waals surface area contributed by atoms with Crippen LogP contribution in [0.4, 0.5) is 13.2 Å². The summed E-state index contributed by atoms with van der Waals surface area (Å²) in [5, 5.41) is 16.4. The Kier molecular flexibility index (Phi) is 10.7. The molecule has 2 saturated carbocycles. The number of pyridine rings is 1. The molecule has 3 aliphatic rings. The maximum Gasteiger partial charge on any atom is 0.416 e. The maximum atomic E-state index is 13.1. The van der Waals surface area contributed by atoms with Crippen molar-refractivity contribution >= 4 is 18.7 Å². The van der Waals surface area contributed by atoms with Crippen LogP contribution < -0.4 is 15.1 Å². The molecule has 3 atom stereocenters. The quantitative estimate of drug-likeness (QED) is 0.127. The molecule has 1 saturated heterocycles. The molecule has 2 aromatic carbocycles. The Balaban J connectivity index is 0.941. The lowest BCUT2D eigenvalue weighted by atomic mass is 9.79. The summed E-state index contributed by atoms with van der Waals surface area (Å²) in [6.07, 6.45) is 8.28. The minimum atomic E-state index is -4.46. The second kappa shape index (κ2) is 15.5. The third-order valence-corrected chi connectivity index (χ3v) is 17.6. The molecule has 56 heavy (non-hydrogen) atoms. The van der Waals surface area contributed by atoms with Gasteiger partial charge in [-0.15, -0.1) is 10.2 Å². The van der Waals surface area contributed by atoms with Gasteiger partial charge in [-0.3, -0.25) is 9.58 Å². The van der Waals surface area contributed by atoms with Gasteiger partial charge < -0.3 is 13.7 Å². The largest absolute Gasteiger partial charge is 0.469 e. The summed E-state index contributed by atoms with van der Waals surface area (Å²) in [7, 11) is -0.831. The third-order valence-electron chi connectivity index (χ3n) is 12.5. The Morgan fingerprint density at radius 3 is 2.11 bits per heavy atom. The molecule has 0 spiro atoms. The molecule has 0 radical (unpaired) electrons. The van der Waals surface area contributed by atoms with Crippen LogP contribution in [0.15, 0.2) is 91.4 Å². The molecular formula is C43H52F3N7O2Si. The molecule has 0 unspecified atom stereocenters. The van der Waals surface area contributed by atoms with Crippen LogP contribution in [0, 0.1) is 0 Å². The zero-order chi connectivity index (χ0) is 39.1. The van der Waals surface area contributed by atoms with Gasteiger partial charge in [-0.25, -0.2) is 4.98 Å². The highest BCUT2D eigenvalue weighted by Crippen LogP contribution is 2.45. The highest BCUT2D eigenvalue weighted by molar-refractivity contribution is 6.99. The minimum absolute atomic E-state index is 0.0179. The number of hydrogen-bond donors (Lipinski definition) is 0. The fourth-order valence-electron chi connectivity index (χ4n) is 9.38. The molecule has 0 amide bonds. The SMILES string of the molecule is Cn1c(COc2cc(C(F)(F)F)ccn2)nnc1C1CCC(c2cnn([C@H]3C[C@H](O[Si](c4ccccc4)(c4ccccc4)C(C)(C)C)[C@@H](N4CCC4)C3)c2)CC1. The van der Waals surface area contributed by atoms with E-state index in [1.54, 1.807) is 0 Å². The van der Waals surface area contributed by atoms with Crippen LogP contribution in [-0.4, -0.2) is 68.0 Å². The van der Waals surface area contributed by atoms with Crippen LogP contribution in [-0.2, 0) is 24.3 Å². The fourth-order valence-corrected chi connectivity index (χ4v) is 14.1. The molecule has 3 aromatic heterocycles. The summed E-state index contributed by atoms with van der Waals surface area (Å²) >= 11 is 0. The normalized spacial score (nSPS) is 23.6. The number of likely N-dealkylation sites (tertiary alicyclic amines) is 1. The van der Waals surface area contributed by atoms with Crippen molar-refractivity contribution in [2.24, 2.45) is 7.05 Å². The lowest BCUT2D eigenvalue weighted by Crippen LogP contribution is -2.69. The van der Waals surface area contributed by atoms with Crippen LogP contribution in [0.1, 0.15) is 106 Å². The lowest BCUT2D eigenvalue weighted by molar-refractivity contribution is -0.137. The van der Waals surface area contributed by atoms with Crippen LogP contribution in [0.3, 0.4) is 0 Å². The van der Waals surface area contributed by atoms with Gasteiger partial charge in [0.05, 0.1) is 23.9 Å². The van der Waals surface area contributed by atoms with Crippen molar-refractivity contribution in [2.45, 2.75) is 114 Å². The van der Waals surface area contributed by atoms with Crippen molar-refractivity contribution in [1.29, 1.82) is 0 Å². The highest BCUT2D eigenvalue weighted by Gasteiger charge is 2.54. The molecule has 4 heterocycles. The van der Waals surface area contributed by atoms with Gasteiger partial charge in [-0.1, -0.05) is 81.4 Å². The summed E-state index contributed by atoms with van der Waals surface area (Å²) in [5.41, 5.74) is 0.494. The van der Waals surface area contributed by atoms with E-state index in [1.165, 1.54) is 22.4 Å². The van der Waals surface area contributed by atoms with E-state index in [1.807, 2.05) is 11.6 Å². The van der Waals surface area contributed by atoms with Crippen molar-refractivity contribution in [3.8, 4) is 5.88 Å². The average Bonchev–Trinajstić information content (AvgIpc) is 3.91. The molecule has 5 aromatic rings. The van der Waals surface area contributed by atoms with Gasteiger partial charge in [0.15, 0.2) is 5.82 Å². The maximum absolute atomic E-state index is 13.1. The first kappa shape index (κ1) is 38.5.